The van der Waals surface area contributed by atoms with E-state index in [-0.39, 0.29) is 29.9 Å². The average Bonchev–Trinajstić information content (AvgIpc) is 2.75. The van der Waals surface area contributed by atoms with Gasteiger partial charge in [0, 0.05) is 38.9 Å². The van der Waals surface area contributed by atoms with Gasteiger partial charge in [-0.3, -0.25) is 9.79 Å². The summed E-state index contributed by atoms with van der Waals surface area (Å²) in [5.41, 5.74) is 0.612. The molecule has 0 radical (unpaired) electrons. The highest BCUT2D eigenvalue weighted by molar-refractivity contribution is 14.0. The third-order valence-corrected chi connectivity index (χ3v) is 4.80. The van der Waals surface area contributed by atoms with E-state index >= 15 is 0 Å². The normalized spacial score (nSPS) is 14.6. The smallest absolute Gasteiger partial charge is 0.251 e. The summed E-state index contributed by atoms with van der Waals surface area (Å²) in [6.45, 7) is 2.70. The summed E-state index contributed by atoms with van der Waals surface area (Å²) < 4.78 is 11.0. The summed E-state index contributed by atoms with van der Waals surface area (Å²) in [6.07, 6.45) is 7.77. The average molecular weight is 518 g/mol. The van der Waals surface area contributed by atoms with Crippen LogP contribution < -0.4 is 20.7 Å². The number of aliphatic imine (C=N–C) groups is 1. The van der Waals surface area contributed by atoms with Gasteiger partial charge in [0.25, 0.3) is 5.91 Å². The molecular weight excluding hydrogens is 483 g/mol. The van der Waals surface area contributed by atoms with Gasteiger partial charge in [0.2, 0.25) is 0 Å². The molecule has 1 aliphatic carbocycles. The van der Waals surface area contributed by atoms with Crippen molar-refractivity contribution in [3.63, 3.8) is 0 Å². The van der Waals surface area contributed by atoms with Crippen LogP contribution in [0, 0.1) is 0 Å². The lowest BCUT2D eigenvalue weighted by Gasteiger charge is -2.22. The van der Waals surface area contributed by atoms with Crippen LogP contribution in [0.25, 0.3) is 0 Å². The number of hydrogen-bond donors (Lipinski definition) is 3. The number of methoxy groups -OCH3 is 1. The number of carbonyl (C=O) groups is 1. The Hall–Kier alpha value is -1.55. The maximum atomic E-state index is 12.1. The zero-order chi connectivity index (χ0) is 20.0. The lowest BCUT2D eigenvalue weighted by atomic mass is 9.98. The van der Waals surface area contributed by atoms with Gasteiger partial charge in [-0.15, -0.1) is 24.0 Å². The highest BCUT2D eigenvalue weighted by Gasteiger charge is 2.13. The first-order chi connectivity index (χ1) is 13.7. The molecule has 1 aliphatic rings. The molecular formula is C21H35IN4O3. The number of nitrogens with zero attached hydrogens (tertiary/aromatic N) is 1. The minimum atomic E-state index is -0.104. The fourth-order valence-electron chi connectivity index (χ4n) is 3.18. The Morgan fingerprint density at radius 1 is 1.03 bits per heavy atom. The van der Waals surface area contributed by atoms with Crippen LogP contribution in [0.4, 0.5) is 0 Å². The number of ether oxygens (including phenoxy) is 2. The lowest BCUT2D eigenvalue weighted by Crippen LogP contribution is -2.42. The predicted molar refractivity (Wildman–Crippen MR) is 128 cm³/mol. The SMILES string of the molecule is CN=C(NCCCOC1CCCCC1)NCCNC(=O)c1ccc(OC)cc1.I. The molecule has 1 fully saturated rings. The zero-order valence-corrected chi connectivity index (χ0v) is 19.9. The molecule has 1 aromatic rings. The number of carbonyl (C=O) groups excluding carboxylic acids is 1. The Bertz CT molecular complexity index is 604. The number of hydrogen-bond acceptors (Lipinski definition) is 4. The molecule has 0 aliphatic heterocycles. The predicted octanol–water partition coefficient (Wildman–Crippen LogP) is 2.95. The fraction of sp³-hybridized carbons (Fsp3) is 0.619. The van der Waals surface area contributed by atoms with Gasteiger partial charge < -0.3 is 25.4 Å². The first-order valence-electron chi connectivity index (χ1n) is 10.2. The molecule has 29 heavy (non-hydrogen) atoms. The second-order valence-electron chi connectivity index (χ2n) is 6.89. The Labute approximate surface area is 191 Å². The van der Waals surface area contributed by atoms with Crippen molar-refractivity contribution in [3.8, 4) is 5.75 Å². The van der Waals surface area contributed by atoms with Crippen molar-refractivity contribution in [2.24, 2.45) is 4.99 Å². The Kier molecular flexibility index (Phi) is 13.5. The summed E-state index contributed by atoms with van der Waals surface area (Å²) in [4.78, 5) is 16.3. The van der Waals surface area contributed by atoms with Crippen molar-refractivity contribution >= 4 is 35.8 Å². The molecule has 2 rings (SSSR count). The van der Waals surface area contributed by atoms with Crippen molar-refractivity contribution in [2.45, 2.75) is 44.6 Å². The van der Waals surface area contributed by atoms with Crippen LogP contribution in [0.2, 0.25) is 0 Å². The Morgan fingerprint density at radius 2 is 1.69 bits per heavy atom. The maximum Gasteiger partial charge on any atom is 0.251 e. The van der Waals surface area contributed by atoms with Crippen molar-refractivity contribution in [3.05, 3.63) is 29.8 Å². The zero-order valence-electron chi connectivity index (χ0n) is 17.5. The van der Waals surface area contributed by atoms with Crippen LogP contribution in [-0.4, -0.2) is 58.4 Å². The molecule has 0 saturated heterocycles. The van der Waals surface area contributed by atoms with Crippen LogP contribution in [0.1, 0.15) is 48.9 Å². The molecule has 0 aromatic heterocycles. The van der Waals surface area contributed by atoms with E-state index in [1.165, 1.54) is 32.1 Å². The van der Waals surface area contributed by atoms with E-state index < -0.39 is 0 Å². The molecule has 0 spiro atoms. The second kappa shape index (κ2) is 15.3. The van der Waals surface area contributed by atoms with E-state index in [0.717, 1.165) is 31.3 Å². The highest BCUT2D eigenvalue weighted by Crippen LogP contribution is 2.20. The van der Waals surface area contributed by atoms with Crippen molar-refractivity contribution in [1.82, 2.24) is 16.0 Å². The third-order valence-electron chi connectivity index (χ3n) is 4.80. The van der Waals surface area contributed by atoms with Gasteiger partial charge in [0.1, 0.15) is 5.75 Å². The Balaban J connectivity index is 0.00000420. The number of guanidine groups is 1. The second-order valence-corrected chi connectivity index (χ2v) is 6.89. The molecule has 1 saturated carbocycles. The van der Waals surface area contributed by atoms with E-state index in [4.69, 9.17) is 9.47 Å². The number of nitrogens with one attached hydrogen (secondary N) is 3. The topological polar surface area (TPSA) is 84.0 Å². The summed E-state index contributed by atoms with van der Waals surface area (Å²) in [6, 6.07) is 7.04. The quantitative estimate of drug-likeness (QED) is 0.192. The van der Waals surface area contributed by atoms with Crippen molar-refractivity contribution in [2.75, 3.05) is 40.4 Å². The lowest BCUT2D eigenvalue weighted by molar-refractivity contribution is 0.0277. The Morgan fingerprint density at radius 3 is 2.34 bits per heavy atom. The summed E-state index contributed by atoms with van der Waals surface area (Å²) in [7, 11) is 3.34. The summed E-state index contributed by atoms with van der Waals surface area (Å²) in [5.74, 6) is 1.36. The molecule has 0 unspecified atom stereocenters. The van der Waals surface area contributed by atoms with Crippen LogP contribution in [0.5, 0.6) is 5.75 Å². The van der Waals surface area contributed by atoms with Gasteiger partial charge >= 0.3 is 0 Å². The van der Waals surface area contributed by atoms with Gasteiger partial charge in [-0.05, 0) is 43.5 Å². The van der Waals surface area contributed by atoms with E-state index in [1.54, 1.807) is 38.4 Å². The molecule has 3 N–H and O–H groups in total. The van der Waals surface area contributed by atoms with E-state index in [2.05, 4.69) is 20.9 Å². The van der Waals surface area contributed by atoms with E-state index in [9.17, 15) is 4.79 Å². The van der Waals surface area contributed by atoms with Crippen LogP contribution in [0.15, 0.2) is 29.3 Å². The molecule has 7 nitrogen and oxygen atoms in total. The molecule has 0 atom stereocenters. The third kappa shape index (κ3) is 10.2. The van der Waals surface area contributed by atoms with Gasteiger partial charge in [-0.1, -0.05) is 19.3 Å². The maximum absolute atomic E-state index is 12.1. The first kappa shape index (κ1) is 25.5. The molecule has 1 amide bonds. The number of amides is 1. The summed E-state index contributed by atoms with van der Waals surface area (Å²) >= 11 is 0. The number of benzene rings is 1. The number of halogens is 1. The standard InChI is InChI=1S/C21H34N4O3.HI/c1-22-21(24-13-6-16-28-19-7-4-3-5-8-19)25-15-14-23-20(26)17-9-11-18(27-2)12-10-17;/h9-12,19H,3-8,13-16H2,1-2H3,(H,23,26)(H2,22,24,25);1H. The fourth-order valence-corrected chi connectivity index (χ4v) is 3.18. The van der Waals surface area contributed by atoms with Gasteiger partial charge in [-0.2, -0.15) is 0 Å². The molecule has 8 heteroatoms. The summed E-state index contributed by atoms with van der Waals surface area (Å²) in [5, 5.41) is 9.35. The van der Waals surface area contributed by atoms with E-state index in [1.807, 2.05) is 0 Å². The monoisotopic (exact) mass is 518 g/mol. The van der Waals surface area contributed by atoms with Crippen molar-refractivity contribution in [1.29, 1.82) is 0 Å². The van der Waals surface area contributed by atoms with Crippen molar-refractivity contribution < 1.29 is 14.3 Å². The van der Waals surface area contributed by atoms with Gasteiger partial charge in [0.05, 0.1) is 13.2 Å². The van der Waals surface area contributed by atoms with Crippen LogP contribution in [-0.2, 0) is 4.74 Å². The molecule has 164 valence electrons. The minimum Gasteiger partial charge on any atom is -0.497 e. The number of rotatable bonds is 10. The molecule has 1 aromatic carbocycles. The van der Waals surface area contributed by atoms with Crippen LogP contribution >= 0.6 is 24.0 Å². The molecule has 0 bridgehead atoms. The molecule has 0 heterocycles. The highest BCUT2D eigenvalue weighted by atomic mass is 127. The van der Waals surface area contributed by atoms with Gasteiger partial charge in [0.15, 0.2) is 5.96 Å². The first-order valence-corrected chi connectivity index (χ1v) is 10.2. The largest absolute Gasteiger partial charge is 0.497 e. The van der Waals surface area contributed by atoms with E-state index in [0.29, 0.717) is 24.8 Å². The minimum absolute atomic E-state index is 0. The van der Waals surface area contributed by atoms with Crippen LogP contribution in [0.3, 0.4) is 0 Å². The van der Waals surface area contributed by atoms with Gasteiger partial charge in [-0.25, -0.2) is 0 Å².